The highest BCUT2D eigenvalue weighted by Gasteiger charge is 2.22. The number of aliphatic hydroxyl groups is 1. The van der Waals surface area contributed by atoms with Gasteiger partial charge in [-0.1, -0.05) is 15.9 Å². The molecule has 0 amide bonds. The first-order valence-corrected chi connectivity index (χ1v) is 7.79. The summed E-state index contributed by atoms with van der Waals surface area (Å²) in [5.74, 6) is -0.454. The van der Waals surface area contributed by atoms with E-state index in [9.17, 15) is 12.8 Å². The molecule has 0 saturated heterocycles. The van der Waals surface area contributed by atoms with Crippen LogP contribution in [-0.2, 0) is 16.6 Å². The lowest BCUT2D eigenvalue weighted by atomic mass is 10.3. The molecule has 1 aromatic heterocycles. The maximum atomic E-state index is 13.6. The molecule has 0 fully saturated rings. The highest BCUT2D eigenvalue weighted by Crippen LogP contribution is 2.25. The molecule has 2 N–H and O–H groups in total. The van der Waals surface area contributed by atoms with Gasteiger partial charge in [-0.3, -0.25) is 4.72 Å². The van der Waals surface area contributed by atoms with Gasteiger partial charge in [-0.05, 0) is 25.1 Å². The van der Waals surface area contributed by atoms with Gasteiger partial charge in [-0.25, -0.2) is 12.8 Å². The number of hydrogen-bond donors (Lipinski definition) is 2. The first kappa shape index (κ1) is 15.0. The summed E-state index contributed by atoms with van der Waals surface area (Å²) in [4.78, 5) is -0.135. The van der Waals surface area contributed by atoms with E-state index in [1.165, 1.54) is 25.1 Å². The summed E-state index contributed by atoms with van der Waals surface area (Å²) >= 11 is 3.09. The standard InChI is InChI=1S/C12H11BrFNO4S/c1-7-12(5-9(6-16)19-7)20(17,18)15-11-3-2-8(13)4-10(11)14/h2-5,15-16H,6H2,1H3. The summed E-state index contributed by atoms with van der Waals surface area (Å²) < 4.78 is 45.7. The summed E-state index contributed by atoms with van der Waals surface area (Å²) in [7, 11) is -3.98. The Balaban J connectivity index is 2.38. The van der Waals surface area contributed by atoms with Gasteiger partial charge < -0.3 is 9.52 Å². The topological polar surface area (TPSA) is 79.5 Å². The summed E-state index contributed by atoms with van der Waals surface area (Å²) in [6.45, 7) is 1.04. The molecule has 1 aromatic carbocycles. The third-order valence-electron chi connectivity index (χ3n) is 2.54. The van der Waals surface area contributed by atoms with Gasteiger partial charge in [-0.15, -0.1) is 0 Å². The summed E-state index contributed by atoms with van der Waals surface area (Å²) in [5, 5.41) is 8.93. The van der Waals surface area contributed by atoms with E-state index in [2.05, 4.69) is 20.7 Å². The number of aryl methyl sites for hydroxylation is 1. The van der Waals surface area contributed by atoms with Gasteiger partial charge in [0.05, 0.1) is 5.69 Å². The monoisotopic (exact) mass is 363 g/mol. The zero-order valence-corrected chi connectivity index (χ0v) is 12.8. The molecule has 0 aliphatic rings. The minimum absolute atomic E-state index is 0.124. The van der Waals surface area contributed by atoms with Gasteiger partial charge in [-0.2, -0.15) is 0 Å². The van der Waals surface area contributed by atoms with E-state index in [4.69, 9.17) is 9.52 Å². The Hall–Kier alpha value is -1.38. The van der Waals surface area contributed by atoms with Crippen molar-refractivity contribution in [3.05, 3.63) is 46.1 Å². The number of furan rings is 1. The smallest absolute Gasteiger partial charge is 0.265 e. The number of rotatable bonds is 4. The maximum Gasteiger partial charge on any atom is 0.265 e. The third-order valence-corrected chi connectivity index (χ3v) is 4.51. The molecular formula is C12H11BrFNO4S. The van der Waals surface area contributed by atoms with E-state index in [-0.39, 0.29) is 22.1 Å². The largest absolute Gasteiger partial charge is 0.462 e. The lowest BCUT2D eigenvalue weighted by Crippen LogP contribution is -2.14. The van der Waals surface area contributed by atoms with Crippen molar-refractivity contribution in [1.82, 2.24) is 0 Å². The van der Waals surface area contributed by atoms with Crippen LogP contribution in [0.3, 0.4) is 0 Å². The van der Waals surface area contributed by atoms with Crippen LogP contribution < -0.4 is 4.72 Å². The normalized spacial score (nSPS) is 11.6. The molecule has 8 heteroatoms. The Labute approximate surface area is 123 Å². The van der Waals surface area contributed by atoms with Crippen LogP contribution in [0.25, 0.3) is 0 Å². The van der Waals surface area contributed by atoms with Gasteiger partial charge in [0.15, 0.2) is 0 Å². The first-order chi connectivity index (χ1) is 9.33. The minimum atomic E-state index is -3.98. The average molecular weight is 364 g/mol. The number of halogens is 2. The predicted octanol–water partition coefficient (Wildman–Crippen LogP) is 2.78. The average Bonchev–Trinajstić information content (AvgIpc) is 2.75. The van der Waals surface area contributed by atoms with Crippen molar-refractivity contribution in [1.29, 1.82) is 0 Å². The number of hydrogen-bond acceptors (Lipinski definition) is 4. The molecule has 0 bridgehead atoms. The molecule has 1 heterocycles. The Morgan fingerprint density at radius 2 is 2.10 bits per heavy atom. The fourth-order valence-corrected chi connectivity index (χ4v) is 3.25. The molecule has 0 unspecified atom stereocenters. The van der Waals surface area contributed by atoms with Crippen molar-refractivity contribution in [3.8, 4) is 0 Å². The zero-order valence-electron chi connectivity index (χ0n) is 10.4. The van der Waals surface area contributed by atoms with Gasteiger partial charge in [0.1, 0.15) is 28.8 Å². The third kappa shape index (κ3) is 3.02. The molecule has 20 heavy (non-hydrogen) atoms. The summed E-state index contributed by atoms with van der Waals surface area (Å²) in [6.07, 6.45) is 0. The SMILES string of the molecule is Cc1oc(CO)cc1S(=O)(=O)Nc1ccc(Br)cc1F. The number of sulfonamides is 1. The fourth-order valence-electron chi connectivity index (χ4n) is 1.64. The van der Waals surface area contributed by atoms with Crippen LogP contribution >= 0.6 is 15.9 Å². The first-order valence-electron chi connectivity index (χ1n) is 5.51. The number of anilines is 1. The lowest BCUT2D eigenvalue weighted by Gasteiger charge is -2.08. The molecule has 0 aliphatic carbocycles. The Kier molecular flexibility index (Phi) is 4.17. The van der Waals surface area contributed by atoms with Gasteiger partial charge in [0, 0.05) is 10.5 Å². The molecule has 2 aromatic rings. The summed E-state index contributed by atoms with van der Waals surface area (Å²) in [5.41, 5.74) is -0.167. The predicted molar refractivity (Wildman–Crippen MR) is 74.3 cm³/mol. The van der Waals surface area contributed by atoms with Crippen molar-refractivity contribution in [2.24, 2.45) is 0 Å². The van der Waals surface area contributed by atoms with E-state index in [1.807, 2.05) is 0 Å². The highest BCUT2D eigenvalue weighted by atomic mass is 79.9. The van der Waals surface area contributed by atoms with Crippen LogP contribution in [0.5, 0.6) is 0 Å². The van der Waals surface area contributed by atoms with Crippen molar-refractivity contribution < 1.29 is 22.3 Å². The molecule has 0 saturated carbocycles. The molecule has 0 spiro atoms. The van der Waals surface area contributed by atoms with Crippen LogP contribution in [0.1, 0.15) is 11.5 Å². The molecule has 5 nitrogen and oxygen atoms in total. The van der Waals surface area contributed by atoms with Gasteiger partial charge in [0.25, 0.3) is 10.0 Å². The van der Waals surface area contributed by atoms with Gasteiger partial charge in [0.2, 0.25) is 0 Å². The number of nitrogens with one attached hydrogen (secondary N) is 1. The van der Waals surface area contributed by atoms with Crippen LogP contribution in [0.4, 0.5) is 10.1 Å². The molecule has 0 radical (unpaired) electrons. The molecule has 2 rings (SSSR count). The number of benzene rings is 1. The second-order valence-electron chi connectivity index (χ2n) is 4.02. The van der Waals surface area contributed by atoms with Crippen molar-refractivity contribution in [2.75, 3.05) is 4.72 Å². The second kappa shape index (κ2) is 5.55. The molecule has 0 aliphatic heterocycles. The lowest BCUT2D eigenvalue weighted by molar-refractivity contribution is 0.245. The van der Waals surface area contributed by atoms with Crippen molar-refractivity contribution in [3.63, 3.8) is 0 Å². The minimum Gasteiger partial charge on any atom is -0.462 e. The van der Waals surface area contributed by atoms with Crippen molar-refractivity contribution in [2.45, 2.75) is 18.4 Å². The van der Waals surface area contributed by atoms with Crippen LogP contribution in [0, 0.1) is 12.7 Å². The Morgan fingerprint density at radius 1 is 1.40 bits per heavy atom. The Morgan fingerprint density at radius 3 is 2.65 bits per heavy atom. The molecular weight excluding hydrogens is 353 g/mol. The fraction of sp³-hybridized carbons (Fsp3) is 0.167. The highest BCUT2D eigenvalue weighted by molar-refractivity contribution is 9.10. The van der Waals surface area contributed by atoms with Crippen LogP contribution in [0.2, 0.25) is 0 Å². The molecule has 108 valence electrons. The van der Waals surface area contributed by atoms with E-state index in [1.54, 1.807) is 0 Å². The van der Waals surface area contributed by atoms with Crippen LogP contribution in [0.15, 0.2) is 38.1 Å². The summed E-state index contributed by atoms with van der Waals surface area (Å²) in [6, 6.07) is 5.18. The maximum absolute atomic E-state index is 13.6. The van der Waals surface area contributed by atoms with E-state index in [0.717, 1.165) is 6.07 Å². The quantitative estimate of drug-likeness (QED) is 0.875. The molecule has 0 atom stereocenters. The van der Waals surface area contributed by atoms with Crippen LogP contribution in [-0.4, -0.2) is 13.5 Å². The van der Waals surface area contributed by atoms with Crippen molar-refractivity contribution >= 4 is 31.6 Å². The van der Waals surface area contributed by atoms with E-state index < -0.39 is 22.4 Å². The zero-order chi connectivity index (χ0) is 14.9. The Bertz CT molecular complexity index is 742. The van der Waals surface area contributed by atoms with E-state index in [0.29, 0.717) is 4.47 Å². The van der Waals surface area contributed by atoms with Gasteiger partial charge >= 0.3 is 0 Å². The van der Waals surface area contributed by atoms with E-state index >= 15 is 0 Å². The number of aliphatic hydroxyl groups excluding tert-OH is 1. The second-order valence-corrected chi connectivity index (χ2v) is 6.59.